The molecular weight excluding hydrogens is 488 g/mol. The lowest BCUT2D eigenvalue weighted by atomic mass is 10.1. The third-order valence-electron chi connectivity index (χ3n) is 3.61. The summed E-state index contributed by atoms with van der Waals surface area (Å²) >= 11 is 0. The van der Waals surface area contributed by atoms with Gasteiger partial charge in [0.15, 0.2) is 0 Å². The first-order valence-electron chi connectivity index (χ1n) is 10.0. The Labute approximate surface area is 203 Å². The second-order valence-electron chi connectivity index (χ2n) is 6.15. The number of hydrogen-bond acceptors (Lipinski definition) is 14. The molecule has 194 valence electrons. The predicted molar refractivity (Wildman–Crippen MR) is 114 cm³/mol. The highest BCUT2D eigenvalue weighted by Crippen LogP contribution is 2.08. The van der Waals surface area contributed by atoms with Crippen molar-refractivity contribution in [2.75, 3.05) is 39.6 Å². The summed E-state index contributed by atoms with van der Waals surface area (Å²) in [6.45, 7) is -1.70. The summed E-state index contributed by atoms with van der Waals surface area (Å²) in [6.07, 6.45) is 2.98. The van der Waals surface area contributed by atoms with Crippen LogP contribution in [0.25, 0.3) is 0 Å². The Bertz CT molecular complexity index is 977. The van der Waals surface area contributed by atoms with Crippen LogP contribution in [0.1, 0.15) is 20.7 Å². The monoisotopic (exact) mass is 510 g/mol. The van der Waals surface area contributed by atoms with Crippen LogP contribution in [0.3, 0.4) is 0 Å². The molecule has 1 aromatic rings. The van der Waals surface area contributed by atoms with Crippen LogP contribution in [0.2, 0.25) is 0 Å². The number of esters is 5. The maximum absolute atomic E-state index is 12.0. The minimum atomic E-state index is -1.17. The molecule has 0 aliphatic carbocycles. The van der Waals surface area contributed by atoms with E-state index in [4.69, 9.17) is 24.6 Å². The van der Waals surface area contributed by atoms with Gasteiger partial charge in [-0.15, -0.1) is 0 Å². The van der Waals surface area contributed by atoms with Gasteiger partial charge in [-0.2, -0.15) is 5.26 Å². The number of carbonyl (C=O) groups excluding carboxylic acids is 6. The molecule has 0 fully saturated rings. The molecule has 2 N–H and O–H groups in total. The van der Waals surface area contributed by atoms with Crippen molar-refractivity contribution >= 4 is 35.8 Å². The highest BCUT2D eigenvalue weighted by molar-refractivity contribution is 5.94. The molecule has 0 atom stereocenters. The highest BCUT2D eigenvalue weighted by Gasteiger charge is 2.12. The Morgan fingerprint density at radius 3 is 1.25 bits per heavy atom. The molecule has 0 heterocycles. The maximum Gasteiger partial charge on any atom is 0.365 e. The molecule has 14 heteroatoms. The van der Waals surface area contributed by atoms with Crippen LogP contribution in [0.4, 0.5) is 0 Å². The first-order chi connectivity index (χ1) is 17.3. The SMILES string of the molecule is O=C(/C=C/C(=O)OCCOC(=O)c1ccc(C(=O)OCCOC(=O)/C=C/C(=O)OCCO)cc1)OO. The molecule has 0 aliphatic heterocycles. The van der Waals surface area contributed by atoms with Gasteiger partial charge in [0, 0.05) is 24.3 Å². The smallest absolute Gasteiger partial charge is 0.365 e. The molecule has 0 aliphatic rings. The van der Waals surface area contributed by atoms with Crippen LogP contribution in [0.5, 0.6) is 0 Å². The Kier molecular flexibility index (Phi) is 13.9. The van der Waals surface area contributed by atoms with Gasteiger partial charge in [0.25, 0.3) is 0 Å². The van der Waals surface area contributed by atoms with Crippen LogP contribution in [-0.2, 0) is 47.8 Å². The molecule has 0 bridgehead atoms. The Morgan fingerprint density at radius 2 is 0.889 bits per heavy atom. The van der Waals surface area contributed by atoms with Gasteiger partial charge in [0.1, 0.15) is 33.0 Å². The third-order valence-corrected chi connectivity index (χ3v) is 3.61. The van der Waals surface area contributed by atoms with E-state index < -0.39 is 35.8 Å². The molecule has 0 unspecified atom stereocenters. The standard InChI is InChI=1S/C22H22O14/c23-9-10-31-17(24)5-6-18(25)32-11-13-34-21(28)15-1-3-16(4-2-15)22(29)35-14-12-33-19(26)7-8-20(27)36-30/h1-8,23,30H,9-14H2/b6-5+,8-7+. The van der Waals surface area contributed by atoms with Crippen LogP contribution in [0, 0.1) is 0 Å². The summed E-state index contributed by atoms with van der Waals surface area (Å²) in [5.74, 6) is -5.30. The van der Waals surface area contributed by atoms with Crippen LogP contribution >= 0.6 is 0 Å². The molecule has 0 saturated carbocycles. The van der Waals surface area contributed by atoms with Crippen molar-refractivity contribution in [2.24, 2.45) is 0 Å². The van der Waals surface area contributed by atoms with Crippen molar-refractivity contribution in [2.45, 2.75) is 0 Å². The number of hydrogen-bond donors (Lipinski definition) is 2. The zero-order chi connectivity index (χ0) is 26.8. The first kappa shape index (κ1) is 29.5. The molecule has 0 radical (unpaired) electrons. The molecule has 36 heavy (non-hydrogen) atoms. The minimum absolute atomic E-state index is 0.0988. The van der Waals surface area contributed by atoms with E-state index in [0.717, 1.165) is 12.2 Å². The molecule has 0 aromatic heterocycles. The normalized spacial score (nSPS) is 10.5. The van der Waals surface area contributed by atoms with Gasteiger partial charge in [-0.1, -0.05) is 0 Å². The molecule has 0 amide bonds. The summed E-state index contributed by atoms with van der Waals surface area (Å²) in [6, 6.07) is 5.21. The summed E-state index contributed by atoms with van der Waals surface area (Å²) in [7, 11) is 0. The minimum Gasteiger partial charge on any atom is -0.460 e. The summed E-state index contributed by atoms with van der Waals surface area (Å²) in [4.78, 5) is 71.7. The number of ether oxygens (including phenoxy) is 5. The quantitative estimate of drug-likeness (QED) is 0.0829. The van der Waals surface area contributed by atoms with E-state index in [1.165, 1.54) is 24.3 Å². The number of aliphatic hydroxyl groups is 1. The molecule has 1 rings (SSSR count). The fourth-order valence-electron chi connectivity index (χ4n) is 2.06. The van der Waals surface area contributed by atoms with E-state index in [1.54, 1.807) is 0 Å². The average Bonchev–Trinajstić information content (AvgIpc) is 2.89. The maximum atomic E-state index is 12.0. The molecule has 0 spiro atoms. The fraction of sp³-hybridized carbons (Fsp3) is 0.273. The second kappa shape index (κ2) is 17.0. The van der Waals surface area contributed by atoms with Gasteiger partial charge in [-0.05, 0) is 24.3 Å². The molecule has 14 nitrogen and oxygen atoms in total. The number of carbonyl (C=O) groups is 6. The van der Waals surface area contributed by atoms with Gasteiger partial charge in [0.05, 0.1) is 17.7 Å². The van der Waals surface area contributed by atoms with Crippen molar-refractivity contribution < 1.29 is 67.7 Å². The van der Waals surface area contributed by atoms with E-state index >= 15 is 0 Å². The van der Waals surface area contributed by atoms with Crippen molar-refractivity contribution in [3.63, 3.8) is 0 Å². The fourth-order valence-corrected chi connectivity index (χ4v) is 2.06. The summed E-state index contributed by atoms with van der Waals surface area (Å²) in [5, 5.41) is 16.5. The largest absolute Gasteiger partial charge is 0.460 e. The van der Waals surface area contributed by atoms with Crippen molar-refractivity contribution in [3.8, 4) is 0 Å². The summed E-state index contributed by atoms with van der Waals surface area (Å²) < 4.78 is 23.7. The molecular formula is C22H22O14. The topological polar surface area (TPSA) is 198 Å². The first-order valence-corrected chi connectivity index (χ1v) is 10.0. The lowest BCUT2D eigenvalue weighted by Crippen LogP contribution is -2.14. The van der Waals surface area contributed by atoms with Gasteiger partial charge in [0.2, 0.25) is 0 Å². The van der Waals surface area contributed by atoms with E-state index in [0.29, 0.717) is 12.2 Å². The van der Waals surface area contributed by atoms with Crippen LogP contribution < -0.4 is 0 Å². The third kappa shape index (κ3) is 12.6. The van der Waals surface area contributed by atoms with Gasteiger partial charge < -0.3 is 28.8 Å². The van der Waals surface area contributed by atoms with Crippen LogP contribution in [-0.4, -0.2) is 85.8 Å². The van der Waals surface area contributed by atoms with E-state index in [9.17, 15) is 28.8 Å². The van der Waals surface area contributed by atoms with E-state index in [2.05, 4.69) is 14.4 Å². The van der Waals surface area contributed by atoms with E-state index in [-0.39, 0.29) is 50.8 Å². The van der Waals surface area contributed by atoms with Crippen molar-refractivity contribution in [1.82, 2.24) is 0 Å². The number of aliphatic hydroxyl groups excluding tert-OH is 1. The van der Waals surface area contributed by atoms with Gasteiger partial charge >= 0.3 is 35.8 Å². The lowest BCUT2D eigenvalue weighted by Gasteiger charge is -2.07. The number of rotatable bonds is 14. The number of benzene rings is 1. The van der Waals surface area contributed by atoms with E-state index in [1.807, 2.05) is 0 Å². The van der Waals surface area contributed by atoms with Crippen molar-refractivity contribution in [1.29, 1.82) is 0 Å². The summed E-state index contributed by atoms with van der Waals surface area (Å²) in [5.41, 5.74) is 0.202. The Hall–Kier alpha value is -4.56. The van der Waals surface area contributed by atoms with Gasteiger partial charge in [-0.25, -0.2) is 28.8 Å². The lowest BCUT2D eigenvalue weighted by molar-refractivity contribution is -0.228. The second-order valence-corrected chi connectivity index (χ2v) is 6.15. The average molecular weight is 510 g/mol. The van der Waals surface area contributed by atoms with Gasteiger partial charge in [-0.3, -0.25) is 4.89 Å². The zero-order valence-corrected chi connectivity index (χ0v) is 18.7. The van der Waals surface area contributed by atoms with Crippen LogP contribution in [0.15, 0.2) is 48.6 Å². The zero-order valence-electron chi connectivity index (χ0n) is 18.7. The molecule has 1 aromatic carbocycles. The van der Waals surface area contributed by atoms with Crippen molar-refractivity contribution in [3.05, 3.63) is 59.7 Å². The predicted octanol–water partition coefficient (Wildman–Crippen LogP) is -0.249. The molecule has 0 saturated heterocycles. The highest BCUT2D eigenvalue weighted by atomic mass is 17.1. The Morgan fingerprint density at radius 1 is 0.556 bits per heavy atom. The Balaban J connectivity index is 2.32.